The molecule has 0 amide bonds. The summed E-state index contributed by atoms with van der Waals surface area (Å²) in [6, 6.07) is 4.82. The van der Waals surface area contributed by atoms with E-state index in [1.165, 1.54) is 12.5 Å². The van der Waals surface area contributed by atoms with Crippen molar-refractivity contribution in [3.8, 4) is 0 Å². The molecule has 0 spiro atoms. The Hall–Kier alpha value is -0.450. The molecule has 2 heterocycles. The molecule has 18 heavy (non-hydrogen) atoms. The maximum atomic E-state index is 13.2. The van der Waals surface area contributed by atoms with Crippen LogP contribution in [0.2, 0.25) is 0 Å². The highest BCUT2D eigenvalue weighted by atomic mass is 79.9. The molecule has 2 saturated heterocycles. The second-order valence-corrected chi connectivity index (χ2v) is 6.23. The maximum Gasteiger partial charge on any atom is 0.123 e. The van der Waals surface area contributed by atoms with Crippen LogP contribution in [0.25, 0.3) is 0 Å². The topological polar surface area (TPSA) is 35.2 Å². The summed E-state index contributed by atoms with van der Waals surface area (Å²) < 4.78 is 20.0. The van der Waals surface area contributed by atoms with Gasteiger partial charge in [-0.25, -0.2) is 4.39 Å². The van der Waals surface area contributed by atoms with E-state index >= 15 is 0 Å². The molecule has 98 valence electrons. The van der Waals surface area contributed by atoms with Crippen LogP contribution in [-0.4, -0.2) is 18.2 Å². The standard InChI is InChI=1S/C14H17BrFNO/c15-12-3-1-9(16)5-8(12)6-13(17)11-7-10-2-4-14(11)18-10/h1,3,5,10-11,13-14H,2,4,6-7,17H2. The summed E-state index contributed by atoms with van der Waals surface area (Å²) in [5, 5.41) is 0. The van der Waals surface area contributed by atoms with E-state index in [9.17, 15) is 4.39 Å². The smallest absolute Gasteiger partial charge is 0.123 e. The predicted octanol–water partition coefficient (Wildman–Crippen LogP) is 3.03. The third-order valence-electron chi connectivity index (χ3n) is 4.17. The van der Waals surface area contributed by atoms with Crippen molar-refractivity contribution in [1.29, 1.82) is 0 Å². The summed E-state index contributed by atoms with van der Waals surface area (Å²) in [6.45, 7) is 0. The Bertz CT molecular complexity index is 453. The Balaban J connectivity index is 1.70. The fourth-order valence-corrected chi connectivity index (χ4v) is 3.64. The quantitative estimate of drug-likeness (QED) is 0.931. The lowest BCUT2D eigenvalue weighted by atomic mass is 9.82. The largest absolute Gasteiger partial charge is 0.375 e. The molecule has 0 aromatic heterocycles. The summed E-state index contributed by atoms with van der Waals surface area (Å²) in [4.78, 5) is 0. The van der Waals surface area contributed by atoms with Crippen molar-refractivity contribution in [3.05, 3.63) is 34.1 Å². The lowest BCUT2D eigenvalue weighted by Gasteiger charge is -2.25. The number of benzene rings is 1. The second-order valence-electron chi connectivity index (χ2n) is 5.38. The van der Waals surface area contributed by atoms with Gasteiger partial charge in [-0.3, -0.25) is 0 Å². The molecular weight excluding hydrogens is 297 g/mol. The molecule has 2 bridgehead atoms. The highest BCUT2D eigenvalue weighted by Crippen LogP contribution is 2.40. The average Bonchev–Trinajstić information content (AvgIpc) is 2.96. The number of fused-ring (bicyclic) bond motifs is 2. The minimum absolute atomic E-state index is 0.0541. The van der Waals surface area contributed by atoms with Gasteiger partial charge in [0.2, 0.25) is 0 Å². The van der Waals surface area contributed by atoms with Gasteiger partial charge in [-0.1, -0.05) is 15.9 Å². The number of halogens is 2. The molecule has 4 heteroatoms. The molecule has 0 radical (unpaired) electrons. The van der Waals surface area contributed by atoms with E-state index in [0.717, 1.165) is 22.9 Å². The van der Waals surface area contributed by atoms with Crippen LogP contribution in [0.15, 0.2) is 22.7 Å². The Morgan fingerprint density at radius 2 is 2.28 bits per heavy atom. The highest BCUT2D eigenvalue weighted by molar-refractivity contribution is 9.10. The molecule has 1 aromatic rings. The number of rotatable bonds is 3. The molecule has 2 aliphatic rings. The van der Waals surface area contributed by atoms with Crippen LogP contribution in [0.3, 0.4) is 0 Å². The molecule has 2 aliphatic heterocycles. The van der Waals surface area contributed by atoms with Crippen LogP contribution in [0.1, 0.15) is 24.8 Å². The summed E-state index contributed by atoms with van der Waals surface area (Å²) in [5.41, 5.74) is 7.24. The van der Waals surface area contributed by atoms with Gasteiger partial charge in [0.1, 0.15) is 5.82 Å². The SMILES string of the molecule is NC(Cc1cc(F)ccc1Br)C1CC2CCC1O2. The Morgan fingerprint density at radius 1 is 1.44 bits per heavy atom. The molecule has 4 unspecified atom stereocenters. The van der Waals surface area contributed by atoms with Gasteiger partial charge in [0.25, 0.3) is 0 Å². The number of ether oxygens (including phenoxy) is 1. The molecule has 2 N–H and O–H groups in total. The minimum Gasteiger partial charge on any atom is -0.375 e. The van der Waals surface area contributed by atoms with Crippen LogP contribution in [0.4, 0.5) is 4.39 Å². The van der Waals surface area contributed by atoms with E-state index in [0.29, 0.717) is 24.5 Å². The predicted molar refractivity (Wildman–Crippen MR) is 71.8 cm³/mol. The zero-order chi connectivity index (χ0) is 12.7. The van der Waals surface area contributed by atoms with Crippen molar-refractivity contribution < 1.29 is 9.13 Å². The minimum atomic E-state index is -0.204. The van der Waals surface area contributed by atoms with Crippen LogP contribution in [0.5, 0.6) is 0 Å². The van der Waals surface area contributed by atoms with E-state index in [2.05, 4.69) is 15.9 Å². The first-order valence-electron chi connectivity index (χ1n) is 6.48. The third-order valence-corrected chi connectivity index (χ3v) is 4.94. The number of hydrogen-bond acceptors (Lipinski definition) is 2. The van der Waals surface area contributed by atoms with Crippen molar-refractivity contribution in [2.45, 2.75) is 43.9 Å². The van der Waals surface area contributed by atoms with Crippen LogP contribution >= 0.6 is 15.9 Å². The molecule has 0 aliphatic carbocycles. The Labute approximate surface area is 115 Å². The van der Waals surface area contributed by atoms with E-state index in [1.54, 1.807) is 12.1 Å². The van der Waals surface area contributed by atoms with Crippen molar-refractivity contribution >= 4 is 15.9 Å². The van der Waals surface area contributed by atoms with E-state index < -0.39 is 0 Å². The molecule has 1 aromatic carbocycles. The molecular formula is C14H17BrFNO. The van der Waals surface area contributed by atoms with Gasteiger partial charge < -0.3 is 10.5 Å². The lowest BCUT2D eigenvalue weighted by molar-refractivity contribution is 0.0885. The lowest BCUT2D eigenvalue weighted by Crippen LogP contribution is -2.38. The first-order valence-corrected chi connectivity index (χ1v) is 7.28. The third kappa shape index (κ3) is 2.33. The fourth-order valence-electron chi connectivity index (χ4n) is 3.23. The first-order chi connectivity index (χ1) is 8.63. The first kappa shape index (κ1) is 12.6. The molecule has 2 fully saturated rings. The highest BCUT2D eigenvalue weighted by Gasteiger charge is 2.43. The summed E-state index contributed by atoms with van der Waals surface area (Å²) >= 11 is 3.46. The molecule has 4 atom stereocenters. The summed E-state index contributed by atoms with van der Waals surface area (Å²) in [6.07, 6.45) is 4.83. The number of nitrogens with two attached hydrogens (primary N) is 1. The van der Waals surface area contributed by atoms with Gasteiger partial charge in [-0.2, -0.15) is 0 Å². The molecule has 3 rings (SSSR count). The van der Waals surface area contributed by atoms with Crippen molar-refractivity contribution in [2.24, 2.45) is 11.7 Å². The van der Waals surface area contributed by atoms with Gasteiger partial charge in [0, 0.05) is 16.4 Å². The van der Waals surface area contributed by atoms with Gasteiger partial charge >= 0.3 is 0 Å². The van der Waals surface area contributed by atoms with E-state index in [1.807, 2.05) is 0 Å². The van der Waals surface area contributed by atoms with Crippen molar-refractivity contribution in [2.75, 3.05) is 0 Å². The monoisotopic (exact) mass is 313 g/mol. The van der Waals surface area contributed by atoms with E-state index in [-0.39, 0.29) is 11.9 Å². The average molecular weight is 314 g/mol. The van der Waals surface area contributed by atoms with Gasteiger partial charge in [-0.15, -0.1) is 0 Å². The maximum absolute atomic E-state index is 13.2. The summed E-state index contributed by atoms with van der Waals surface area (Å²) in [7, 11) is 0. The van der Waals surface area contributed by atoms with Crippen LogP contribution < -0.4 is 5.73 Å². The Morgan fingerprint density at radius 3 is 2.94 bits per heavy atom. The fraction of sp³-hybridized carbons (Fsp3) is 0.571. The zero-order valence-electron chi connectivity index (χ0n) is 10.1. The normalized spacial score (nSPS) is 31.8. The zero-order valence-corrected chi connectivity index (χ0v) is 11.7. The molecule has 2 nitrogen and oxygen atoms in total. The van der Waals surface area contributed by atoms with Gasteiger partial charge in [0.15, 0.2) is 0 Å². The van der Waals surface area contributed by atoms with E-state index in [4.69, 9.17) is 10.5 Å². The van der Waals surface area contributed by atoms with Crippen molar-refractivity contribution in [1.82, 2.24) is 0 Å². The van der Waals surface area contributed by atoms with Crippen molar-refractivity contribution in [3.63, 3.8) is 0 Å². The van der Waals surface area contributed by atoms with Crippen LogP contribution in [0, 0.1) is 11.7 Å². The summed E-state index contributed by atoms with van der Waals surface area (Å²) in [5.74, 6) is 0.225. The second kappa shape index (κ2) is 4.91. The van der Waals surface area contributed by atoms with Gasteiger partial charge in [0.05, 0.1) is 12.2 Å². The Kier molecular flexibility index (Phi) is 3.43. The van der Waals surface area contributed by atoms with Crippen LogP contribution in [-0.2, 0) is 11.2 Å². The van der Waals surface area contributed by atoms with Gasteiger partial charge in [-0.05, 0) is 49.4 Å². The number of hydrogen-bond donors (Lipinski definition) is 1. The molecule has 0 saturated carbocycles.